The number of nitrogens with zero attached hydrogens (tertiary/aromatic N) is 1. The molecule has 2 aromatic carbocycles. The summed E-state index contributed by atoms with van der Waals surface area (Å²) in [6.45, 7) is 5.74. The standard InChI is InChI=1S/C24H28F2N2O2.ClH/c1-15-13-28(14-16(2)24(15,30)17-6-4-3-5-7-17)23(29)21-12-27-11-20(21)19-9-8-18(25)10-22(19)26;/h3-10,15-16,20-21,27,30H,11-14H2,1-2H3;1H/t15-,16+,20-,21+,24+;/m0./s1. The summed E-state index contributed by atoms with van der Waals surface area (Å²) in [6.07, 6.45) is 0. The Morgan fingerprint density at radius 3 is 2.32 bits per heavy atom. The molecule has 0 spiro atoms. The maximum atomic E-state index is 14.4. The van der Waals surface area contributed by atoms with Crippen molar-refractivity contribution in [3.63, 3.8) is 0 Å². The highest BCUT2D eigenvalue weighted by Crippen LogP contribution is 2.42. The number of benzene rings is 2. The van der Waals surface area contributed by atoms with Gasteiger partial charge in [0.25, 0.3) is 0 Å². The van der Waals surface area contributed by atoms with Crippen molar-refractivity contribution in [2.75, 3.05) is 26.2 Å². The SMILES string of the molecule is C[C@@H]1CN(C(=O)[C@@H]2CNC[C@H]2c2ccc(F)cc2F)C[C@H](C)[C@]1(O)c1ccccc1.Cl. The lowest BCUT2D eigenvalue weighted by molar-refractivity contribution is -0.152. The van der Waals surface area contributed by atoms with Crippen LogP contribution >= 0.6 is 12.4 Å². The van der Waals surface area contributed by atoms with E-state index in [0.29, 0.717) is 31.7 Å². The lowest BCUT2D eigenvalue weighted by Crippen LogP contribution is -2.57. The molecule has 0 aliphatic carbocycles. The number of nitrogens with one attached hydrogen (secondary N) is 1. The summed E-state index contributed by atoms with van der Waals surface area (Å²) >= 11 is 0. The van der Waals surface area contributed by atoms with Crippen LogP contribution in [0.15, 0.2) is 48.5 Å². The van der Waals surface area contributed by atoms with E-state index < -0.39 is 23.2 Å². The number of carbonyl (C=O) groups is 1. The van der Waals surface area contributed by atoms with Gasteiger partial charge in [-0.05, 0) is 17.2 Å². The lowest BCUT2D eigenvalue weighted by Gasteiger charge is -2.48. The van der Waals surface area contributed by atoms with E-state index in [2.05, 4.69) is 5.32 Å². The first-order valence-corrected chi connectivity index (χ1v) is 10.5. The number of rotatable bonds is 3. The Kier molecular flexibility index (Phi) is 7.04. The van der Waals surface area contributed by atoms with E-state index in [0.717, 1.165) is 11.6 Å². The molecule has 2 aliphatic rings. The number of amides is 1. The predicted molar refractivity (Wildman–Crippen MR) is 118 cm³/mol. The predicted octanol–water partition coefficient (Wildman–Crippen LogP) is 3.69. The first-order valence-electron chi connectivity index (χ1n) is 10.5. The average Bonchev–Trinajstić information content (AvgIpc) is 3.21. The van der Waals surface area contributed by atoms with Crippen LogP contribution in [0.25, 0.3) is 0 Å². The molecule has 2 N–H and O–H groups in total. The Hall–Kier alpha value is -2.02. The van der Waals surface area contributed by atoms with Crippen LogP contribution in [0.5, 0.6) is 0 Å². The van der Waals surface area contributed by atoms with Crippen molar-refractivity contribution in [2.24, 2.45) is 17.8 Å². The number of piperidine rings is 1. The van der Waals surface area contributed by atoms with Gasteiger partial charge in [0.15, 0.2) is 0 Å². The number of aliphatic hydroxyl groups is 1. The summed E-state index contributed by atoms with van der Waals surface area (Å²) in [5.41, 5.74) is 0.235. The van der Waals surface area contributed by atoms with Gasteiger partial charge in [0.05, 0.1) is 11.5 Å². The molecule has 31 heavy (non-hydrogen) atoms. The van der Waals surface area contributed by atoms with Crippen molar-refractivity contribution >= 4 is 18.3 Å². The maximum Gasteiger partial charge on any atom is 0.227 e. The quantitative estimate of drug-likeness (QED) is 0.749. The Morgan fingerprint density at radius 2 is 1.71 bits per heavy atom. The minimum absolute atomic E-state index is 0. The summed E-state index contributed by atoms with van der Waals surface area (Å²) in [5, 5.41) is 14.7. The topological polar surface area (TPSA) is 52.6 Å². The van der Waals surface area contributed by atoms with Crippen molar-refractivity contribution in [3.05, 3.63) is 71.3 Å². The molecule has 2 heterocycles. The molecule has 2 aliphatic heterocycles. The molecule has 1 amide bonds. The largest absolute Gasteiger partial charge is 0.384 e. The third-order valence-corrected chi connectivity index (χ3v) is 6.93. The molecule has 4 rings (SSSR count). The highest BCUT2D eigenvalue weighted by molar-refractivity contribution is 5.85. The molecule has 4 nitrogen and oxygen atoms in total. The second kappa shape index (κ2) is 9.23. The molecule has 0 aromatic heterocycles. The summed E-state index contributed by atoms with van der Waals surface area (Å²) in [4.78, 5) is 15.2. The molecule has 0 unspecified atom stereocenters. The summed E-state index contributed by atoms with van der Waals surface area (Å²) < 4.78 is 27.7. The summed E-state index contributed by atoms with van der Waals surface area (Å²) in [6, 6.07) is 13.2. The van der Waals surface area contributed by atoms with Crippen LogP contribution in [0, 0.1) is 29.4 Å². The average molecular weight is 451 g/mol. The van der Waals surface area contributed by atoms with Gasteiger partial charge in [-0.3, -0.25) is 4.79 Å². The van der Waals surface area contributed by atoms with Crippen molar-refractivity contribution in [1.29, 1.82) is 0 Å². The van der Waals surface area contributed by atoms with E-state index >= 15 is 0 Å². The molecule has 2 saturated heterocycles. The second-order valence-electron chi connectivity index (χ2n) is 8.77. The fourth-order valence-electron chi connectivity index (χ4n) is 5.26. The molecule has 2 fully saturated rings. The van der Waals surface area contributed by atoms with Gasteiger partial charge < -0.3 is 15.3 Å². The van der Waals surface area contributed by atoms with Crippen molar-refractivity contribution in [3.8, 4) is 0 Å². The van der Waals surface area contributed by atoms with Crippen LogP contribution < -0.4 is 5.32 Å². The Morgan fingerprint density at radius 1 is 1.06 bits per heavy atom. The van der Waals surface area contributed by atoms with E-state index in [1.807, 2.05) is 44.2 Å². The van der Waals surface area contributed by atoms with Gasteiger partial charge >= 0.3 is 0 Å². The van der Waals surface area contributed by atoms with Gasteiger partial charge in [-0.1, -0.05) is 50.2 Å². The van der Waals surface area contributed by atoms with Crippen LogP contribution in [-0.2, 0) is 10.4 Å². The van der Waals surface area contributed by atoms with E-state index in [1.165, 1.54) is 12.1 Å². The van der Waals surface area contributed by atoms with Crippen LogP contribution in [-0.4, -0.2) is 42.1 Å². The second-order valence-corrected chi connectivity index (χ2v) is 8.77. The fourth-order valence-corrected chi connectivity index (χ4v) is 5.26. The molecule has 168 valence electrons. The van der Waals surface area contributed by atoms with Gasteiger partial charge in [0.1, 0.15) is 11.6 Å². The lowest BCUT2D eigenvalue weighted by atomic mass is 9.70. The first kappa shape index (κ1) is 23.6. The van der Waals surface area contributed by atoms with Gasteiger partial charge in [-0.25, -0.2) is 8.78 Å². The smallest absolute Gasteiger partial charge is 0.227 e. The Bertz CT molecular complexity index is 915. The number of hydrogen-bond acceptors (Lipinski definition) is 3. The maximum absolute atomic E-state index is 14.4. The van der Waals surface area contributed by atoms with Crippen LogP contribution in [0.2, 0.25) is 0 Å². The number of likely N-dealkylation sites (tertiary alicyclic amines) is 1. The zero-order valence-electron chi connectivity index (χ0n) is 17.7. The number of halogens is 3. The zero-order chi connectivity index (χ0) is 21.5. The molecular formula is C24H29ClF2N2O2. The number of hydrogen-bond donors (Lipinski definition) is 2. The normalized spacial score (nSPS) is 30.7. The van der Waals surface area contributed by atoms with Gasteiger partial charge in [0.2, 0.25) is 5.91 Å². The van der Waals surface area contributed by atoms with Crippen molar-refractivity contribution in [2.45, 2.75) is 25.4 Å². The molecular weight excluding hydrogens is 422 g/mol. The molecule has 7 heteroatoms. The first-order chi connectivity index (χ1) is 14.3. The van der Waals surface area contributed by atoms with Gasteiger partial charge in [0, 0.05) is 50.0 Å². The van der Waals surface area contributed by atoms with E-state index in [-0.39, 0.29) is 36.1 Å². The molecule has 5 atom stereocenters. The third kappa shape index (κ3) is 4.21. The molecule has 0 bridgehead atoms. The van der Waals surface area contributed by atoms with Crippen LogP contribution in [0.4, 0.5) is 8.78 Å². The summed E-state index contributed by atoms with van der Waals surface area (Å²) in [5.74, 6) is -2.32. The van der Waals surface area contributed by atoms with Gasteiger partial charge in [-0.2, -0.15) is 0 Å². The van der Waals surface area contributed by atoms with Crippen LogP contribution in [0.3, 0.4) is 0 Å². The van der Waals surface area contributed by atoms with Crippen molar-refractivity contribution in [1.82, 2.24) is 10.2 Å². The Balaban J connectivity index is 0.00000272. The minimum atomic E-state index is -1.01. The molecule has 0 saturated carbocycles. The van der Waals surface area contributed by atoms with E-state index in [4.69, 9.17) is 0 Å². The van der Waals surface area contributed by atoms with Gasteiger partial charge in [-0.15, -0.1) is 12.4 Å². The molecule has 0 radical (unpaired) electrons. The molecule has 2 aromatic rings. The highest BCUT2D eigenvalue weighted by atomic mass is 35.5. The van der Waals surface area contributed by atoms with E-state index in [9.17, 15) is 18.7 Å². The zero-order valence-corrected chi connectivity index (χ0v) is 18.5. The minimum Gasteiger partial charge on any atom is -0.384 e. The fraction of sp³-hybridized carbons (Fsp3) is 0.458. The number of carbonyl (C=O) groups excluding carboxylic acids is 1. The van der Waals surface area contributed by atoms with Crippen molar-refractivity contribution < 1.29 is 18.7 Å². The Labute approximate surface area is 188 Å². The van der Waals surface area contributed by atoms with Crippen LogP contribution in [0.1, 0.15) is 30.9 Å². The summed E-state index contributed by atoms with van der Waals surface area (Å²) in [7, 11) is 0. The monoisotopic (exact) mass is 450 g/mol. The highest BCUT2D eigenvalue weighted by Gasteiger charge is 2.48. The third-order valence-electron chi connectivity index (χ3n) is 6.93. The van der Waals surface area contributed by atoms with E-state index in [1.54, 1.807) is 4.90 Å².